The van der Waals surface area contributed by atoms with E-state index in [9.17, 15) is 0 Å². The molecule has 0 aliphatic carbocycles. The van der Waals surface area contributed by atoms with Gasteiger partial charge in [0.25, 0.3) is 0 Å². The largest absolute Gasteiger partial charge is 0.305 e. The van der Waals surface area contributed by atoms with Gasteiger partial charge in [-0.05, 0) is 76.6 Å². The molecular formula is C19H27N2P. The first kappa shape index (κ1) is 17.1. The van der Waals surface area contributed by atoms with Crippen molar-refractivity contribution in [1.29, 1.82) is 0 Å². The number of benzene rings is 2. The molecule has 2 aromatic carbocycles. The highest BCUT2D eigenvalue weighted by molar-refractivity contribution is 7.72. The van der Waals surface area contributed by atoms with Crippen LogP contribution in [0.25, 0.3) is 0 Å². The Kier molecular flexibility index (Phi) is 6.14. The lowest BCUT2D eigenvalue weighted by Gasteiger charge is -2.17. The fraction of sp³-hybridized carbons (Fsp3) is 0.368. The molecule has 0 heterocycles. The van der Waals surface area contributed by atoms with E-state index in [1.54, 1.807) is 0 Å². The molecule has 0 saturated carbocycles. The van der Waals surface area contributed by atoms with Gasteiger partial charge in [0.2, 0.25) is 0 Å². The minimum atomic E-state index is -0.290. The summed E-state index contributed by atoms with van der Waals surface area (Å²) in [7, 11) is 8.18. The second kappa shape index (κ2) is 7.87. The number of nitrogens with zero attached hydrogens (tertiary/aromatic N) is 2. The van der Waals surface area contributed by atoms with Crippen LogP contribution >= 0.6 is 7.92 Å². The normalized spacial score (nSPS) is 11.6. The highest BCUT2D eigenvalue weighted by atomic mass is 31.1. The molecule has 2 aromatic rings. The summed E-state index contributed by atoms with van der Waals surface area (Å²) in [5.74, 6) is 0. The molecule has 0 saturated heterocycles. The van der Waals surface area contributed by atoms with Crippen LogP contribution in [0.15, 0.2) is 48.5 Å². The summed E-state index contributed by atoms with van der Waals surface area (Å²) in [6.07, 6.45) is 0. The van der Waals surface area contributed by atoms with Crippen molar-refractivity contribution < 1.29 is 0 Å². The highest BCUT2D eigenvalue weighted by Gasteiger charge is 2.09. The first-order valence-electron chi connectivity index (χ1n) is 7.67. The predicted molar refractivity (Wildman–Crippen MR) is 99.8 cm³/mol. The van der Waals surface area contributed by atoms with E-state index in [0.717, 1.165) is 13.1 Å². The number of hydrogen-bond donors (Lipinski definition) is 0. The molecule has 22 heavy (non-hydrogen) atoms. The first-order chi connectivity index (χ1) is 10.5. The molecule has 3 heteroatoms. The molecule has 0 aromatic heterocycles. The Morgan fingerprint density at radius 3 is 1.50 bits per heavy atom. The summed E-state index contributed by atoms with van der Waals surface area (Å²) in [5, 5.41) is 2.91. The smallest absolute Gasteiger partial charge is 0.0227 e. The average molecular weight is 314 g/mol. The summed E-state index contributed by atoms with van der Waals surface area (Å²) >= 11 is 0. The first-order valence-corrected chi connectivity index (χ1v) is 9.45. The summed E-state index contributed by atoms with van der Waals surface area (Å²) in [6.45, 7) is 4.36. The van der Waals surface area contributed by atoms with Crippen molar-refractivity contribution in [3.63, 3.8) is 0 Å². The quantitative estimate of drug-likeness (QED) is 0.757. The molecule has 0 bridgehead atoms. The second-order valence-electron chi connectivity index (χ2n) is 6.37. The summed E-state index contributed by atoms with van der Waals surface area (Å²) < 4.78 is 0. The highest BCUT2D eigenvalue weighted by Crippen LogP contribution is 2.29. The van der Waals surface area contributed by atoms with E-state index in [0.29, 0.717) is 0 Å². The van der Waals surface area contributed by atoms with Gasteiger partial charge in [0, 0.05) is 13.1 Å². The van der Waals surface area contributed by atoms with E-state index in [1.165, 1.54) is 21.7 Å². The minimum Gasteiger partial charge on any atom is -0.305 e. The third-order valence-electron chi connectivity index (χ3n) is 3.59. The molecule has 0 amide bonds. The Labute approximate surface area is 136 Å². The van der Waals surface area contributed by atoms with Gasteiger partial charge in [-0.1, -0.05) is 36.4 Å². The summed E-state index contributed by atoms with van der Waals surface area (Å²) in [5.41, 5.74) is 2.78. The molecule has 0 spiro atoms. The lowest BCUT2D eigenvalue weighted by Crippen LogP contribution is -2.16. The maximum atomic E-state index is 2.37. The van der Waals surface area contributed by atoms with Gasteiger partial charge < -0.3 is 9.80 Å². The van der Waals surface area contributed by atoms with E-state index < -0.39 is 0 Å². The topological polar surface area (TPSA) is 6.48 Å². The van der Waals surface area contributed by atoms with Gasteiger partial charge in [0.1, 0.15) is 0 Å². The molecule has 0 fully saturated rings. The van der Waals surface area contributed by atoms with Gasteiger partial charge in [-0.3, -0.25) is 0 Å². The van der Waals surface area contributed by atoms with Crippen LogP contribution in [0.1, 0.15) is 11.1 Å². The monoisotopic (exact) mass is 314 g/mol. The van der Waals surface area contributed by atoms with Gasteiger partial charge in [0.15, 0.2) is 0 Å². The lowest BCUT2D eigenvalue weighted by atomic mass is 10.2. The van der Waals surface area contributed by atoms with Crippen LogP contribution in [0.3, 0.4) is 0 Å². The van der Waals surface area contributed by atoms with Gasteiger partial charge in [-0.2, -0.15) is 0 Å². The molecule has 0 aliphatic rings. The zero-order valence-corrected chi connectivity index (χ0v) is 15.3. The van der Waals surface area contributed by atoms with E-state index in [-0.39, 0.29) is 7.92 Å². The van der Waals surface area contributed by atoms with Crippen molar-refractivity contribution in [2.24, 2.45) is 0 Å². The Balaban J connectivity index is 2.22. The third-order valence-corrected chi connectivity index (χ3v) is 5.70. The molecule has 2 nitrogen and oxygen atoms in total. The molecule has 0 N–H and O–H groups in total. The Bertz CT molecular complexity index is 554. The van der Waals surface area contributed by atoms with Crippen LogP contribution in [0.5, 0.6) is 0 Å². The fourth-order valence-electron chi connectivity index (χ4n) is 2.61. The van der Waals surface area contributed by atoms with Crippen molar-refractivity contribution >= 4 is 18.5 Å². The van der Waals surface area contributed by atoms with Gasteiger partial charge >= 0.3 is 0 Å². The minimum absolute atomic E-state index is 0.290. The third kappa shape index (κ3) is 4.91. The molecule has 0 aliphatic heterocycles. The molecule has 0 unspecified atom stereocenters. The maximum absolute atomic E-state index is 2.37. The molecule has 118 valence electrons. The Morgan fingerprint density at radius 1 is 0.727 bits per heavy atom. The van der Waals surface area contributed by atoms with Crippen LogP contribution in [0.4, 0.5) is 0 Å². The maximum Gasteiger partial charge on any atom is 0.0227 e. The predicted octanol–water partition coefficient (Wildman–Crippen LogP) is 2.87. The van der Waals surface area contributed by atoms with Crippen LogP contribution < -0.4 is 10.6 Å². The van der Waals surface area contributed by atoms with E-state index in [2.05, 4.69) is 93.2 Å². The Morgan fingerprint density at radius 2 is 1.14 bits per heavy atom. The van der Waals surface area contributed by atoms with Crippen molar-refractivity contribution in [2.75, 3.05) is 34.9 Å². The van der Waals surface area contributed by atoms with Gasteiger partial charge in [0.05, 0.1) is 0 Å². The van der Waals surface area contributed by atoms with Crippen molar-refractivity contribution in [3.05, 3.63) is 59.7 Å². The van der Waals surface area contributed by atoms with Crippen LogP contribution in [-0.2, 0) is 13.1 Å². The molecule has 0 radical (unpaired) electrons. The SMILES string of the molecule is CN(C)Cc1cccc(P(C)c2cccc(CN(C)C)c2)c1. The molecule has 2 rings (SSSR count). The van der Waals surface area contributed by atoms with Gasteiger partial charge in [-0.25, -0.2) is 0 Å². The summed E-state index contributed by atoms with van der Waals surface area (Å²) in [4.78, 5) is 4.43. The standard InChI is InChI=1S/C19H27N2P/c1-20(2)14-16-8-6-10-18(12-16)22(5)19-11-7-9-17(13-19)15-21(3)4/h6-13H,14-15H2,1-5H3. The van der Waals surface area contributed by atoms with Crippen molar-refractivity contribution in [3.8, 4) is 0 Å². The zero-order valence-electron chi connectivity index (χ0n) is 14.4. The van der Waals surface area contributed by atoms with Crippen LogP contribution in [0.2, 0.25) is 0 Å². The van der Waals surface area contributed by atoms with Crippen LogP contribution in [-0.4, -0.2) is 44.7 Å². The van der Waals surface area contributed by atoms with E-state index in [1.807, 2.05) is 0 Å². The van der Waals surface area contributed by atoms with Gasteiger partial charge in [-0.15, -0.1) is 0 Å². The second-order valence-corrected chi connectivity index (χ2v) is 8.53. The number of rotatable bonds is 6. The summed E-state index contributed by atoms with van der Waals surface area (Å²) in [6, 6.07) is 18.1. The van der Waals surface area contributed by atoms with Crippen molar-refractivity contribution in [1.82, 2.24) is 9.80 Å². The lowest BCUT2D eigenvalue weighted by molar-refractivity contribution is 0.402. The van der Waals surface area contributed by atoms with E-state index >= 15 is 0 Å². The number of hydrogen-bond acceptors (Lipinski definition) is 2. The van der Waals surface area contributed by atoms with E-state index in [4.69, 9.17) is 0 Å². The fourth-order valence-corrected chi connectivity index (χ4v) is 4.24. The zero-order chi connectivity index (χ0) is 16.1. The Hall–Kier alpha value is -1.21. The molecule has 0 atom stereocenters. The van der Waals surface area contributed by atoms with Crippen LogP contribution in [0, 0.1) is 0 Å². The molecular weight excluding hydrogens is 287 g/mol. The average Bonchev–Trinajstić information content (AvgIpc) is 2.45. The van der Waals surface area contributed by atoms with Crippen molar-refractivity contribution in [2.45, 2.75) is 13.1 Å².